The monoisotopic (exact) mass is 316 g/mol. The zero-order chi connectivity index (χ0) is 16.7. The number of carbonyl (C=O) groups is 1. The smallest absolute Gasteiger partial charge is 0.337 e. The van der Waals surface area contributed by atoms with Crippen LogP contribution in [0.15, 0.2) is 58.8 Å². The van der Waals surface area contributed by atoms with Crippen molar-refractivity contribution < 1.29 is 18.7 Å². The Balaban J connectivity index is 1.85. The normalized spacial score (nSPS) is 12.1. The molecule has 0 amide bonds. The summed E-state index contributed by atoms with van der Waals surface area (Å²) in [5.74, 6) is -0.0739. The molecule has 0 aliphatic heterocycles. The van der Waals surface area contributed by atoms with Crippen LogP contribution in [0.2, 0.25) is 0 Å². The third kappa shape index (κ3) is 5.18. The Morgan fingerprint density at radius 3 is 2.39 bits per heavy atom. The van der Waals surface area contributed by atoms with Crippen molar-refractivity contribution in [1.29, 1.82) is 0 Å². The number of rotatable bonds is 6. The lowest BCUT2D eigenvalue weighted by Crippen LogP contribution is -2.11. The van der Waals surface area contributed by atoms with Crippen molar-refractivity contribution in [2.24, 2.45) is 10.2 Å². The molecule has 0 aromatic heterocycles. The molecule has 0 saturated carbocycles. The Hall–Kier alpha value is -2.76. The zero-order valence-electron chi connectivity index (χ0n) is 12.9. The van der Waals surface area contributed by atoms with Gasteiger partial charge in [-0.1, -0.05) is 0 Å². The molecule has 2 aromatic rings. The summed E-state index contributed by atoms with van der Waals surface area (Å²) >= 11 is 0. The number of methoxy groups -OCH3 is 1. The van der Waals surface area contributed by atoms with Crippen molar-refractivity contribution in [2.75, 3.05) is 13.7 Å². The van der Waals surface area contributed by atoms with E-state index in [1.807, 2.05) is 6.92 Å². The van der Waals surface area contributed by atoms with E-state index in [0.29, 0.717) is 23.6 Å². The second-order valence-electron chi connectivity index (χ2n) is 4.87. The topological polar surface area (TPSA) is 60.2 Å². The quantitative estimate of drug-likeness (QED) is 0.594. The third-order valence-corrected chi connectivity index (χ3v) is 2.96. The Bertz CT molecular complexity index is 669. The van der Waals surface area contributed by atoms with Crippen LogP contribution in [-0.2, 0) is 4.74 Å². The molecule has 6 heteroatoms. The number of hydrogen-bond donors (Lipinski definition) is 0. The van der Waals surface area contributed by atoms with Crippen molar-refractivity contribution >= 4 is 11.7 Å². The molecule has 0 N–H and O–H groups in total. The van der Waals surface area contributed by atoms with E-state index in [9.17, 15) is 9.18 Å². The molecule has 2 aromatic carbocycles. The Labute approximate surface area is 133 Å². The molecule has 0 aliphatic carbocycles. The molecule has 0 radical (unpaired) electrons. The average molecular weight is 316 g/mol. The van der Waals surface area contributed by atoms with Gasteiger partial charge in [-0.3, -0.25) is 0 Å². The van der Waals surface area contributed by atoms with Gasteiger partial charge >= 0.3 is 5.97 Å². The van der Waals surface area contributed by atoms with Gasteiger partial charge in [-0.2, -0.15) is 10.2 Å². The van der Waals surface area contributed by atoms with E-state index in [1.165, 1.54) is 19.2 Å². The van der Waals surface area contributed by atoms with Crippen LogP contribution in [0.3, 0.4) is 0 Å². The van der Waals surface area contributed by atoms with Gasteiger partial charge < -0.3 is 9.47 Å². The minimum atomic E-state index is -0.391. The van der Waals surface area contributed by atoms with E-state index < -0.39 is 5.97 Å². The molecular weight excluding hydrogens is 299 g/mol. The summed E-state index contributed by atoms with van der Waals surface area (Å²) in [5.41, 5.74) is 1.05. The van der Waals surface area contributed by atoms with E-state index in [0.717, 1.165) is 0 Å². The molecule has 0 heterocycles. The van der Waals surface area contributed by atoms with E-state index in [1.54, 1.807) is 36.4 Å². The van der Waals surface area contributed by atoms with Gasteiger partial charge in [0.25, 0.3) is 0 Å². The summed E-state index contributed by atoms with van der Waals surface area (Å²) in [6.45, 7) is 2.19. The lowest BCUT2D eigenvalue weighted by atomic mass is 10.2. The molecule has 120 valence electrons. The minimum Gasteiger partial charge on any atom is -0.491 e. The van der Waals surface area contributed by atoms with Crippen LogP contribution in [0.25, 0.3) is 0 Å². The van der Waals surface area contributed by atoms with Crippen LogP contribution in [0, 0.1) is 5.82 Å². The maximum Gasteiger partial charge on any atom is 0.337 e. The van der Waals surface area contributed by atoms with Crippen LogP contribution in [0.5, 0.6) is 5.75 Å². The number of carbonyl (C=O) groups excluding carboxylic acids is 1. The average Bonchev–Trinajstić information content (AvgIpc) is 2.59. The van der Waals surface area contributed by atoms with E-state index in [2.05, 4.69) is 15.0 Å². The number of ether oxygens (including phenoxy) is 2. The summed E-state index contributed by atoms with van der Waals surface area (Å²) < 4.78 is 23.0. The van der Waals surface area contributed by atoms with Crippen LogP contribution >= 0.6 is 0 Å². The molecule has 0 saturated heterocycles. The Morgan fingerprint density at radius 2 is 1.78 bits per heavy atom. The standard InChI is InChI=1S/C17H17FN2O3/c1-12(19-20-15-7-5-14(18)6-8-15)11-23-16-9-3-13(4-10-16)17(21)22-2/h3-10,12H,11H2,1-2H3. The fourth-order valence-corrected chi connectivity index (χ4v) is 1.73. The van der Waals surface area contributed by atoms with Crippen LogP contribution in [0.4, 0.5) is 10.1 Å². The molecule has 2 rings (SSSR count). The molecule has 5 nitrogen and oxygen atoms in total. The number of benzene rings is 2. The first-order valence-corrected chi connectivity index (χ1v) is 7.06. The lowest BCUT2D eigenvalue weighted by molar-refractivity contribution is 0.0600. The van der Waals surface area contributed by atoms with Crippen LogP contribution < -0.4 is 4.74 Å². The summed E-state index contributed by atoms with van der Waals surface area (Å²) in [4.78, 5) is 11.3. The molecule has 0 spiro atoms. The fourth-order valence-electron chi connectivity index (χ4n) is 1.73. The van der Waals surface area contributed by atoms with Crippen molar-refractivity contribution in [3.63, 3.8) is 0 Å². The summed E-state index contributed by atoms with van der Waals surface area (Å²) in [7, 11) is 1.33. The SMILES string of the molecule is COC(=O)c1ccc(OCC(C)N=Nc2ccc(F)cc2)cc1. The maximum absolute atomic E-state index is 12.8. The van der Waals surface area contributed by atoms with Crippen LogP contribution in [-0.4, -0.2) is 25.7 Å². The van der Waals surface area contributed by atoms with Gasteiger partial charge in [0.2, 0.25) is 0 Å². The zero-order valence-corrected chi connectivity index (χ0v) is 12.9. The number of esters is 1. The van der Waals surface area contributed by atoms with E-state index in [-0.39, 0.29) is 11.9 Å². The Kier molecular flexibility index (Phi) is 5.80. The van der Waals surface area contributed by atoms with Crippen molar-refractivity contribution in [3.05, 3.63) is 59.9 Å². The second kappa shape index (κ2) is 8.03. The van der Waals surface area contributed by atoms with Gasteiger partial charge in [0.15, 0.2) is 0 Å². The third-order valence-electron chi connectivity index (χ3n) is 2.96. The summed E-state index contributed by atoms with van der Waals surface area (Å²) in [6, 6.07) is 12.2. The minimum absolute atomic E-state index is 0.166. The number of azo groups is 1. The highest BCUT2D eigenvalue weighted by Crippen LogP contribution is 2.15. The first kappa shape index (κ1) is 16.6. The summed E-state index contributed by atoms with van der Waals surface area (Å²) in [5, 5.41) is 8.13. The number of halogens is 1. The Morgan fingerprint density at radius 1 is 1.13 bits per heavy atom. The van der Waals surface area contributed by atoms with E-state index >= 15 is 0 Å². The first-order valence-electron chi connectivity index (χ1n) is 7.06. The van der Waals surface area contributed by atoms with Crippen molar-refractivity contribution in [3.8, 4) is 5.75 Å². The van der Waals surface area contributed by atoms with Crippen molar-refractivity contribution in [1.82, 2.24) is 0 Å². The summed E-state index contributed by atoms with van der Waals surface area (Å²) in [6.07, 6.45) is 0. The van der Waals surface area contributed by atoms with Gasteiger partial charge in [0, 0.05) is 0 Å². The van der Waals surface area contributed by atoms with Gasteiger partial charge in [-0.05, 0) is 55.5 Å². The van der Waals surface area contributed by atoms with E-state index in [4.69, 9.17) is 4.74 Å². The van der Waals surface area contributed by atoms with Gasteiger partial charge in [-0.15, -0.1) is 0 Å². The molecule has 1 atom stereocenters. The number of nitrogens with zero attached hydrogens (tertiary/aromatic N) is 2. The molecule has 0 fully saturated rings. The molecule has 0 aliphatic rings. The largest absolute Gasteiger partial charge is 0.491 e. The second-order valence-corrected chi connectivity index (χ2v) is 4.87. The highest BCUT2D eigenvalue weighted by molar-refractivity contribution is 5.89. The van der Waals surface area contributed by atoms with Crippen LogP contribution in [0.1, 0.15) is 17.3 Å². The molecule has 0 bridgehead atoms. The predicted molar refractivity (Wildman–Crippen MR) is 83.7 cm³/mol. The number of hydrogen-bond acceptors (Lipinski definition) is 5. The molecule has 1 unspecified atom stereocenters. The van der Waals surface area contributed by atoms with Gasteiger partial charge in [0.1, 0.15) is 24.2 Å². The van der Waals surface area contributed by atoms with Crippen molar-refractivity contribution in [2.45, 2.75) is 13.0 Å². The maximum atomic E-state index is 12.8. The fraction of sp³-hybridized carbons (Fsp3) is 0.235. The first-order chi connectivity index (χ1) is 11.1. The molecular formula is C17H17FN2O3. The highest BCUT2D eigenvalue weighted by atomic mass is 19.1. The lowest BCUT2D eigenvalue weighted by Gasteiger charge is -2.09. The highest BCUT2D eigenvalue weighted by Gasteiger charge is 2.06. The molecule has 23 heavy (non-hydrogen) atoms. The van der Waals surface area contributed by atoms with Gasteiger partial charge in [-0.25, -0.2) is 9.18 Å². The van der Waals surface area contributed by atoms with Gasteiger partial charge in [0.05, 0.1) is 18.4 Å². The predicted octanol–water partition coefficient (Wildman–Crippen LogP) is 4.16.